The lowest BCUT2D eigenvalue weighted by molar-refractivity contribution is 0.0391. The van der Waals surface area contributed by atoms with Crippen molar-refractivity contribution in [2.75, 3.05) is 25.4 Å². The van der Waals surface area contributed by atoms with E-state index in [9.17, 15) is 4.79 Å². The zero-order valence-corrected chi connectivity index (χ0v) is 11.2. The summed E-state index contributed by atoms with van der Waals surface area (Å²) in [7, 11) is 0. The molecular formula is C14H20N4O. The summed E-state index contributed by atoms with van der Waals surface area (Å²) in [6.07, 6.45) is 4.05. The van der Waals surface area contributed by atoms with Crippen LogP contribution < -0.4 is 5.73 Å². The molecule has 2 saturated heterocycles. The molecule has 5 heteroatoms. The maximum atomic E-state index is 12.6. The Morgan fingerprint density at radius 3 is 3.11 bits per heavy atom. The molecule has 3 heterocycles. The third-order valence-corrected chi connectivity index (χ3v) is 4.24. The molecule has 0 spiro atoms. The normalized spacial score (nSPS) is 27.3. The summed E-state index contributed by atoms with van der Waals surface area (Å²) in [5, 5.41) is 0. The van der Waals surface area contributed by atoms with Crippen LogP contribution in [0.4, 0.5) is 5.69 Å². The molecule has 0 saturated carbocycles. The number of amides is 1. The number of hydrogen-bond acceptors (Lipinski definition) is 4. The van der Waals surface area contributed by atoms with Gasteiger partial charge in [0.1, 0.15) is 0 Å². The number of hydrogen-bond donors (Lipinski definition) is 1. The number of piperazine rings is 1. The van der Waals surface area contributed by atoms with Gasteiger partial charge in [-0.05, 0) is 38.4 Å². The van der Waals surface area contributed by atoms with Crippen molar-refractivity contribution in [1.82, 2.24) is 14.8 Å². The number of pyridine rings is 1. The van der Waals surface area contributed by atoms with Crippen LogP contribution in [0.3, 0.4) is 0 Å². The highest BCUT2D eigenvalue weighted by molar-refractivity contribution is 5.97. The zero-order chi connectivity index (χ0) is 13.4. The van der Waals surface area contributed by atoms with E-state index in [0.29, 0.717) is 17.4 Å². The van der Waals surface area contributed by atoms with Gasteiger partial charge in [-0.1, -0.05) is 0 Å². The first-order valence-electron chi connectivity index (χ1n) is 6.92. The second kappa shape index (κ2) is 4.81. The van der Waals surface area contributed by atoms with E-state index in [1.165, 1.54) is 19.4 Å². The van der Waals surface area contributed by atoms with Crippen molar-refractivity contribution in [2.24, 2.45) is 0 Å². The number of rotatable bonds is 1. The summed E-state index contributed by atoms with van der Waals surface area (Å²) in [5.74, 6) is -0.0304. The van der Waals surface area contributed by atoms with Crippen LogP contribution in [0.2, 0.25) is 0 Å². The Balaban J connectivity index is 1.81. The summed E-state index contributed by atoms with van der Waals surface area (Å²) in [6.45, 7) is 5.04. The topological polar surface area (TPSA) is 62.5 Å². The summed E-state index contributed by atoms with van der Waals surface area (Å²) in [5.41, 5.74) is 6.72. The smallest absolute Gasteiger partial charge is 0.274 e. The van der Waals surface area contributed by atoms with Gasteiger partial charge in [0.05, 0.1) is 5.69 Å². The Morgan fingerprint density at radius 1 is 1.47 bits per heavy atom. The van der Waals surface area contributed by atoms with Gasteiger partial charge in [0.15, 0.2) is 5.69 Å². The van der Waals surface area contributed by atoms with Crippen LogP contribution in [0.1, 0.15) is 30.3 Å². The number of nitrogens with zero attached hydrogens (tertiary/aromatic N) is 3. The van der Waals surface area contributed by atoms with Crippen molar-refractivity contribution in [3.63, 3.8) is 0 Å². The third kappa shape index (κ3) is 2.18. The van der Waals surface area contributed by atoms with Gasteiger partial charge in [0.25, 0.3) is 5.91 Å². The minimum atomic E-state index is -0.0304. The number of fused-ring (bicyclic) bond motifs is 1. The van der Waals surface area contributed by atoms with Gasteiger partial charge in [0, 0.05) is 31.4 Å². The third-order valence-electron chi connectivity index (χ3n) is 4.24. The van der Waals surface area contributed by atoms with E-state index in [1.54, 1.807) is 18.3 Å². The van der Waals surface area contributed by atoms with Crippen LogP contribution >= 0.6 is 0 Å². The molecule has 102 valence electrons. The van der Waals surface area contributed by atoms with Crippen molar-refractivity contribution in [3.05, 3.63) is 24.0 Å². The molecule has 1 aromatic rings. The Kier molecular flexibility index (Phi) is 3.14. The van der Waals surface area contributed by atoms with E-state index in [-0.39, 0.29) is 11.9 Å². The molecular weight excluding hydrogens is 240 g/mol. The fraction of sp³-hybridized carbons (Fsp3) is 0.571. The fourth-order valence-electron chi connectivity index (χ4n) is 3.20. The largest absolute Gasteiger partial charge is 0.397 e. The minimum absolute atomic E-state index is 0.0304. The Morgan fingerprint density at radius 2 is 2.32 bits per heavy atom. The molecule has 2 unspecified atom stereocenters. The number of carbonyl (C=O) groups excluding carboxylic acids is 1. The second-order valence-corrected chi connectivity index (χ2v) is 5.54. The van der Waals surface area contributed by atoms with Crippen LogP contribution in [0, 0.1) is 0 Å². The molecule has 0 aliphatic carbocycles. The molecule has 1 amide bonds. The Labute approximate surface area is 113 Å². The predicted octanol–water partition coefficient (Wildman–Crippen LogP) is 0.972. The predicted molar refractivity (Wildman–Crippen MR) is 73.7 cm³/mol. The van der Waals surface area contributed by atoms with E-state index in [1.807, 2.05) is 4.90 Å². The highest BCUT2D eigenvalue weighted by Crippen LogP contribution is 2.26. The van der Waals surface area contributed by atoms with Crippen LogP contribution in [0.5, 0.6) is 0 Å². The first-order valence-corrected chi connectivity index (χ1v) is 6.92. The van der Waals surface area contributed by atoms with Gasteiger partial charge < -0.3 is 10.6 Å². The monoisotopic (exact) mass is 260 g/mol. The first-order chi connectivity index (χ1) is 9.16. The summed E-state index contributed by atoms with van der Waals surface area (Å²) in [6, 6.07) is 4.23. The van der Waals surface area contributed by atoms with Crippen molar-refractivity contribution >= 4 is 11.6 Å². The maximum Gasteiger partial charge on any atom is 0.274 e. The molecule has 2 aliphatic heterocycles. The molecule has 2 fully saturated rings. The van der Waals surface area contributed by atoms with Crippen molar-refractivity contribution in [2.45, 2.75) is 31.8 Å². The number of nitrogen functional groups attached to an aromatic ring is 1. The molecule has 1 aromatic heterocycles. The van der Waals surface area contributed by atoms with E-state index >= 15 is 0 Å². The molecule has 3 rings (SSSR count). The van der Waals surface area contributed by atoms with E-state index in [4.69, 9.17) is 5.73 Å². The SMILES string of the molecule is CC1CN2CCCC2CN1C(=O)c1ncccc1N. The molecule has 2 aliphatic rings. The number of nitrogens with two attached hydrogens (primary N) is 1. The standard InChI is InChI=1S/C14H20N4O/c1-10-8-17-7-3-4-11(17)9-18(10)14(19)13-12(15)5-2-6-16-13/h2,5-6,10-11H,3-4,7-9,15H2,1H3. The Bertz CT molecular complexity index is 490. The summed E-state index contributed by atoms with van der Waals surface area (Å²) < 4.78 is 0. The fourth-order valence-corrected chi connectivity index (χ4v) is 3.20. The van der Waals surface area contributed by atoms with Gasteiger partial charge in [-0.25, -0.2) is 4.98 Å². The molecule has 0 radical (unpaired) electrons. The van der Waals surface area contributed by atoms with E-state index in [2.05, 4.69) is 16.8 Å². The first kappa shape index (κ1) is 12.4. The number of aromatic nitrogens is 1. The zero-order valence-electron chi connectivity index (χ0n) is 11.2. The quantitative estimate of drug-likeness (QED) is 0.817. The second-order valence-electron chi connectivity index (χ2n) is 5.54. The molecule has 5 nitrogen and oxygen atoms in total. The van der Waals surface area contributed by atoms with Crippen LogP contribution in [0.15, 0.2) is 18.3 Å². The van der Waals surface area contributed by atoms with Gasteiger partial charge in [-0.3, -0.25) is 9.69 Å². The number of anilines is 1. The lowest BCUT2D eigenvalue weighted by atomic mass is 10.1. The van der Waals surface area contributed by atoms with Crippen molar-refractivity contribution in [3.8, 4) is 0 Å². The highest BCUT2D eigenvalue weighted by Gasteiger charge is 2.37. The van der Waals surface area contributed by atoms with Gasteiger partial charge in [0.2, 0.25) is 0 Å². The highest BCUT2D eigenvalue weighted by atomic mass is 16.2. The lowest BCUT2D eigenvalue weighted by Gasteiger charge is -2.42. The summed E-state index contributed by atoms with van der Waals surface area (Å²) in [4.78, 5) is 21.2. The number of carbonyl (C=O) groups is 1. The van der Waals surface area contributed by atoms with E-state index < -0.39 is 0 Å². The molecule has 0 aromatic carbocycles. The van der Waals surface area contributed by atoms with Gasteiger partial charge in [-0.2, -0.15) is 0 Å². The maximum absolute atomic E-state index is 12.6. The molecule has 2 atom stereocenters. The molecule has 19 heavy (non-hydrogen) atoms. The van der Waals surface area contributed by atoms with Crippen molar-refractivity contribution < 1.29 is 4.79 Å². The van der Waals surface area contributed by atoms with Crippen LogP contribution in [-0.4, -0.2) is 52.4 Å². The molecule has 2 N–H and O–H groups in total. The van der Waals surface area contributed by atoms with Crippen molar-refractivity contribution in [1.29, 1.82) is 0 Å². The van der Waals surface area contributed by atoms with Crippen LogP contribution in [0.25, 0.3) is 0 Å². The molecule has 0 bridgehead atoms. The van der Waals surface area contributed by atoms with Crippen LogP contribution in [-0.2, 0) is 0 Å². The summed E-state index contributed by atoms with van der Waals surface area (Å²) >= 11 is 0. The lowest BCUT2D eigenvalue weighted by Crippen LogP contribution is -2.56. The Hall–Kier alpha value is -1.62. The van der Waals surface area contributed by atoms with Gasteiger partial charge >= 0.3 is 0 Å². The minimum Gasteiger partial charge on any atom is -0.397 e. The van der Waals surface area contributed by atoms with E-state index in [0.717, 1.165) is 13.1 Å². The average Bonchev–Trinajstić information content (AvgIpc) is 2.84. The van der Waals surface area contributed by atoms with Gasteiger partial charge in [-0.15, -0.1) is 0 Å². The average molecular weight is 260 g/mol.